The molecule has 2 aromatic carbocycles. The van der Waals surface area contributed by atoms with Crippen molar-refractivity contribution in [2.45, 2.75) is 0 Å². The molecule has 1 nitrogen and oxygen atoms in total. The van der Waals surface area contributed by atoms with Crippen molar-refractivity contribution in [3.05, 3.63) is 56.8 Å². The van der Waals surface area contributed by atoms with Gasteiger partial charge in [-0.15, -0.1) is 0 Å². The van der Waals surface area contributed by atoms with Gasteiger partial charge in [-0.2, -0.15) is 0 Å². The highest BCUT2D eigenvalue weighted by molar-refractivity contribution is 14.1. The topological polar surface area (TPSA) is 9.23 Å². The largest absolute Gasteiger partial charge is 0.489 e. The fourth-order valence-corrected chi connectivity index (χ4v) is 2.50. The number of hydrogen-bond acceptors (Lipinski definition) is 1. The molecule has 0 saturated carbocycles. The summed E-state index contributed by atoms with van der Waals surface area (Å²) in [6, 6.07) is 9.99. The average molecular weight is 357 g/mol. The van der Waals surface area contributed by atoms with E-state index in [4.69, 9.17) is 16.3 Å². The highest BCUT2D eigenvalue weighted by Gasteiger charge is 2.06. The minimum absolute atomic E-state index is 0.641. The van der Waals surface area contributed by atoms with E-state index in [1.807, 2.05) is 30.3 Å². The molecule has 0 radical (unpaired) electrons. The summed E-state index contributed by atoms with van der Waals surface area (Å²) >= 11 is 8.36. The Morgan fingerprint density at radius 2 is 2.06 bits per heavy atom. The highest BCUT2D eigenvalue weighted by atomic mass is 127. The summed E-state index contributed by atoms with van der Waals surface area (Å²) in [7, 11) is 1.61. The molecule has 0 aromatic heterocycles. The predicted octanol–water partition coefficient (Wildman–Crippen LogP) is 4.87. The number of methoxy groups -OCH3 is 1. The van der Waals surface area contributed by atoms with E-state index in [9.17, 15) is 0 Å². The van der Waals surface area contributed by atoms with Gasteiger partial charge in [0.05, 0.1) is 12.1 Å². The van der Waals surface area contributed by atoms with Crippen LogP contribution in [0.3, 0.4) is 0 Å². The molecule has 17 heavy (non-hydrogen) atoms. The second-order valence-corrected chi connectivity index (χ2v) is 4.99. The maximum Gasteiger partial charge on any atom is 0.168 e. The minimum atomic E-state index is 0.641. The smallest absolute Gasteiger partial charge is 0.168 e. The highest BCUT2D eigenvalue weighted by Crippen LogP contribution is 2.29. The molecule has 0 fully saturated rings. The Labute approximate surface area is 119 Å². The number of fused-ring (bicyclic) bond motifs is 1. The molecule has 2 rings (SSSR count). The third kappa shape index (κ3) is 2.34. The van der Waals surface area contributed by atoms with Gasteiger partial charge in [-0.1, -0.05) is 36.0 Å². The molecular weight excluding hydrogens is 347 g/mol. The number of benzene rings is 2. The van der Waals surface area contributed by atoms with E-state index in [0.717, 1.165) is 24.9 Å². The lowest BCUT2D eigenvalue weighted by molar-refractivity contribution is 0.371. The zero-order valence-corrected chi connectivity index (χ0v) is 12.2. The van der Waals surface area contributed by atoms with E-state index >= 15 is 0 Å². The second-order valence-electron chi connectivity index (χ2n) is 3.51. The van der Waals surface area contributed by atoms with Crippen molar-refractivity contribution in [2.24, 2.45) is 0 Å². The third-order valence-corrected chi connectivity index (χ3v) is 4.33. The van der Waals surface area contributed by atoms with Crippen LogP contribution in [-0.2, 0) is 4.74 Å². The van der Waals surface area contributed by atoms with Crippen molar-refractivity contribution < 1.29 is 4.74 Å². The van der Waals surface area contributed by atoms with Gasteiger partial charge < -0.3 is 4.74 Å². The van der Waals surface area contributed by atoms with Crippen molar-refractivity contribution in [3.63, 3.8) is 0 Å². The Bertz CT molecular complexity index is 627. The number of halogens is 2. The van der Waals surface area contributed by atoms with E-state index in [1.54, 1.807) is 7.11 Å². The molecule has 0 aliphatic carbocycles. The number of ether oxygens (including phenoxy) is 1. The van der Waals surface area contributed by atoms with Crippen molar-refractivity contribution >= 4 is 50.7 Å². The van der Waals surface area contributed by atoms with Crippen LogP contribution in [0.2, 0.25) is 5.02 Å². The van der Waals surface area contributed by atoms with Crippen molar-refractivity contribution in [2.75, 3.05) is 7.11 Å². The van der Waals surface area contributed by atoms with Gasteiger partial charge in [-0.05, 0) is 51.6 Å². The Morgan fingerprint density at radius 3 is 2.71 bits per heavy atom. The first-order valence-corrected chi connectivity index (χ1v) is 6.45. The van der Waals surface area contributed by atoms with Gasteiger partial charge >= 0.3 is 0 Å². The first kappa shape index (κ1) is 12.5. The SMILES string of the molecule is C=C=C(OC)c1ccc2ccc(Cl)c(I)c2c1. The quantitative estimate of drug-likeness (QED) is 0.424. The molecule has 0 saturated heterocycles. The van der Waals surface area contributed by atoms with Crippen molar-refractivity contribution in [1.29, 1.82) is 0 Å². The second kappa shape index (κ2) is 5.13. The van der Waals surface area contributed by atoms with Gasteiger partial charge in [0, 0.05) is 9.13 Å². The summed E-state index contributed by atoms with van der Waals surface area (Å²) in [5.74, 6) is 0.641. The van der Waals surface area contributed by atoms with Crippen molar-refractivity contribution in [3.8, 4) is 0 Å². The monoisotopic (exact) mass is 356 g/mol. The fourth-order valence-electron chi connectivity index (χ4n) is 1.69. The molecule has 0 bridgehead atoms. The summed E-state index contributed by atoms with van der Waals surface area (Å²) in [5, 5.41) is 3.03. The van der Waals surface area contributed by atoms with Crippen LogP contribution in [0, 0.1) is 3.57 Å². The van der Waals surface area contributed by atoms with Crippen LogP contribution in [-0.4, -0.2) is 7.11 Å². The van der Waals surface area contributed by atoms with Crippen molar-refractivity contribution in [1.82, 2.24) is 0 Å². The lowest BCUT2D eigenvalue weighted by atomic mass is 10.1. The standard InChI is InChI=1S/C14H10ClIO/c1-3-13(17-2)10-5-4-9-6-7-12(15)14(16)11(9)8-10/h4-8H,1H2,2H3. The molecule has 86 valence electrons. The fraction of sp³-hybridized carbons (Fsp3) is 0.0714. The van der Waals surface area contributed by atoms with Gasteiger partial charge in [0.25, 0.3) is 0 Å². The summed E-state index contributed by atoms with van der Waals surface area (Å²) in [6.07, 6.45) is 0. The zero-order valence-electron chi connectivity index (χ0n) is 9.26. The normalized spacial score (nSPS) is 10.1. The van der Waals surface area contributed by atoms with E-state index < -0.39 is 0 Å². The molecule has 0 N–H and O–H groups in total. The molecule has 0 atom stereocenters. The van der Waals surface area contributed by atoms with Crippen LogP contribution in [0.5, 0.6) is 0 Å². The summed E-state index contributed by atoms with van der Waals surface area (Å²) in [6.45, 7) is 3.61. The summed E-state index contributed by atoms with van der Waals surface area (Å²) in [4.78, 5) is 0. The summed E-state index contributed by atoms with van der Waals surface area (Å²) in [5.41, 5.74) is 3.73. The molecule has 2 aromatic rings. The van der Waals surface area contributed by atoms with Crippen LogP contribution < -0.4 is 0 Å². The van der Waals surface area contributed by atoms with Crippen LogP contribution in [0.25, 0.3) is 16.5 Å². The van der Waals surface area contributed by atoms with Gasteiger partial charge in [-0.3, -0.25) is 0 Å². The molecule has 0 aliphatic heterocycles. The molecule has 0 unspecified atom stereocenters. The maximum absolute atomic E-state index is 6.11. The molecule has 0 spiro atoms. The third-order valence-electron chi connectivity index (χ3n) is 2.54. The van der Waals surface area contributed by atoms with E-state index in [2.05, 4.69) is 34.9 Å². The molecular formula is C14H10ClIO. The Kier molecular flexibility index (Phi) is 3.77. The van der Waals surface area contributed by atoms with E-state index in [1.165, 1.54) is 0 Å². The van der Waals surface area contributed by atoms with Crippen LogP contribution >= 0.6 is 34.2 Å². The van der Waals surface area contributed by atoms with Gasteiger partial charge in [-0.25, -0.2) is 0 Å². The lowest BCUT2D eigenvalue weighted by Gasteiger charge is -2.07. The van der Waals surface area contributed by atoms with Crippen LogP contribution in [0.1, 0.15) is 5.56 Å². The average Bonchev–Trinajstić information content (AvgIpc) is 2.36. The van der Waals surface area contributed by atoms with E-state index in [0.29, 0.717) is 5.76 Å². The molecule has 0 aliphatic rings. The lowest BCUT2D eigenvalue weighted by Crippen LogP contribution is -1.87. The molecule has 3 heteroatoms. The summed E-state index contributed by atoms with van der Waals surface area (Å²) < 4.78 is 6.26. The van der Waals surface area contributed by atoms with Gasteiger partial charge in [0.1, 0.15) is 0 Å². The van der Waals surface area contributed by atoms with Gasteiger partial charge in [0.15, 0.2) is 5.76 Å². The Balaban J connectivity index is 2.72. The molecule has 0 heterocycles. The number of hydrogen-bond donors (Lipinski definition) is 0. The first-order valence-electron chi connectivity index (χ1n) is 4.99. The van der Waals surface area contributed by atoms with Crippen LogP contribution in [0.15, 0.2) is 42.6 Å². The zero-order chi connectivity index (χ0) is 12.4. The maximum atomic E-state index is 6.11. The Morgan fingerprint density at radius 1 is 1.35 bits per heavy atom. The Hall–Kier alpha value is -0.960. The predicted molar refractivity (Wildman–Crippen MR) is 81.2 cm³/mol. The van der Waals surface area contributed by atoms with Gasteiger partial charge in [0.2, 0.25) is 0 Å². The van der Waals surface area contributed by atoms with Crippen LogP contribution in [0.4, 0.5) is 0 Å². The number of rotatable bonds is 2. The minimum Gasteiger partial charge on any atom is -0.489 e. The first-order chi connectivity index (χ1) is 8.17. The van der Waals surface area contributed by atoms with E-state index in [-0.39, 0.29) is 0 Å². The molecule has 0 amide bonds.